The summed E-state index contributed by atoms with van der Waals surface area (Å²) in [4.78, 5) is 3.90. The Morgan fingerprint density at radius 3 is 2.18 bits per heavy atom. The van der Waals surface area contributed by atoms with Gasteiger partial charge in [0.05, 0.1) is 7.11 Å². The van der Waals surface area contributed by atoms with Crippen LogP contribution in [0.5, 0.6) is 0 Å². The van der Waals surface area contributed by atoms with Crippen molar-refractivity contribution >= 4 is 5.71 Å². The van der Waals surface area contributed by atoms with Gasteiger partial charge in [0.15, 0.2) is 0 Å². The smallest absolute Gasteiger partial charge is 0.205 e. The lowest BCUT2D eigenvalue weighted by Gasteiger charge is -1.95. The van der Waals surface area contributed by atoms with Crippen molar-refractivity contribution in [3.63, 3.8) is 0 Å². The summed E-state index contributed by atoms with van der Waals surface area (Å²) in [7, 11) is 1.53. The predicted octanol–water partition coefficient (Wildman–Crippen LogP) is 2.78. The SMILES string of the molecule is C=C/C(C)=N\C(=C)OC.CC. The Morgan fingerprint density at radius 2 is 1.91 bits per heavy atom. The Balaban J connectivity index is 0. The summed E-state index contributed by atoms with van der Waals surface area (Å²) >= 11 is 0. The lowest BCUT2D eigenvalue weighted by molar-refractivity contribution is 0.290. The van der Waals surface area contributed by atoms with Crippen molar-refractivity contribution < 1.29 is 4.74 Å². The van der Waals surface area contributed by atoms with Crippen LogP contribution in [0.15, 0.2) is 30.1 Å². The number of hydrogen-bond acceptors (Lipinski definition) is 2. The third-order valence-electron chi connectivity index (χ3n) is 0.832. The molecule has 64 valence electrons. The van der Waals surface area contributed by atoms with Gasteiger partial charge in [0.25, 0.3) is 0 Å². The van der Waals surface area contributed by atoms with Crippen LogP contribution in [0.25, 0.3) is 0 Å². The zero-order valence-corrected chi connectivity index (χ0v) is 7.85. The number of hydrogen-bond donors (Lipinski definition) is 0. The first-order valence-corrected chi connectivity index (χ1v) is 3.61. The van der Waals surface area contributed by atoms with Crippen LogP contribution in [-0.4, -0.2) is 12.8 Å². The van der Waals surface area contributed by atoms with E-state index in [9.17, 15) is 0 Å². The van der Waals surface area contributed by atoms with E-state index in [-0.39, 0.29) is 0 Å². The van der Waals surface area contributed by atoms with Crippen LogP contribution in [0.2, 0.25) is 0 Å². The number of nitrogens with zero attached hydrogens (tertiary/aromatic N) is 1. The molecule has 0 spiro atoms. The zero-order valence-electron chi connectivity index (χ0n) is 7.85. The highest BCUT2D eigenvalue weighted by Crippen LogP contribution is 1.92. The van der Waals surface area contributed by atoms with Gasteiger partial charge in [-0.25, -0.2) is 4.99 Å². The summed E-state index contributed by atoms with van der Waals surface area (Å²) in [6, 6.07) is 0. The van der Waals surface area contributed by atoms with Crippen LogP contribution < -0.4 is 0 Å². The van der Waals surface area contributed by atoms with Crippen molar-refractivity contribution in [2.75, 3.05) is 7.11 Å². The molecule has 11 heavy (non-hydrogen) atoms. The van der Waals surface area contributed by atoms with E-state index in [0.717, 1.165) is 5.71 Å². The molecule has 0 saturated carbocycles. The Hall–Kier alpha value is -1.05. The zero-order chi connectivity index (χ0) is 9.28. The Bertz CT molecular complexity index is 148. The minimum atomic E-state index is 0.410. The summed E-state index contributed by atoms with van der Waals surface area (Å²) in [5.74, 6) is 0.410. The van der Waals surface area contributed by atoms with Crippen LogP contribution in [-0.2, 0) is 4.74 Å². The molecule has 2 heteroatoms. The standard InChI is InChI=1S/C7H11NO.C2H6/c1-5-6(2)8-7(3)9-4;1-2/h5H,1,3H2,2,4H3;1-2H3/b8-6-;. The maximum absolute atomic E-state index is 4.69. The number of rotatable bonds is 3. The van der Waals surface area contributed by atoms with Crippen LogP contribution in [0, 0.1) is 0 Å². The summed E-state index contributed by atoms with van der Waals surface area (Å²) < 4.78 is 4.69. The second kappa shape index (κ2) is 8.95. The van der Waals surface area contributed by atoms with Gasteiger partial charge >= 0.3 is 0 Å². The average Bonchev–Trinajstić information content (AvgIpc) is 2.07. The van der Waals surface area contributed by atoms with Gasteiger partial charge in [0.2, 0.25) is 5.88 Å². The number of allylic oxidation sites excluding steroid dienone is 1. The Morgan fingerprint density at radius 1 is 1.45 bits per heavy atom. The predicted molar refractivity (Wildman–Crippen MR) is 50.8 cm³/mol. The number of aliphatic imine (C=N–C) groups is 1. The quantitative estimate of drug-likeness (QED) is 0.453. The molecule has 0 saturated heterocycles. The molecule has 0 fully saturated rings. The Kier molecular flexibility index (Phi) is 10.3. The maximum Gasteiger partial charge on any atom is 0.205 e. The lowest BCUT2D eigenvalue weighted by atomic mass is 10.4. The molecule has 0 atom stereocenters. The molecule has 0 radical (unpaired) electrons. The van der Waals surface area contributed by atoms with Crippen molar-refractivity contribution in [2.45, 2.75) is 20.8 Å². The van der Waals surface area contributed by atoms with E-state index in [0.29, 0.717) is 5.88 Å². The third-order valence-corrected chi connectivity index (χ3v) is 0.832. The third kappa shape index (κ3) is 8.95. The van der Waals surface area contributed by atoms with Crippen LogP contribution in [0.3, 0.4) is 0 Å². The molecular weight excluding hydrogens is 138 g/mol. The fourth-order valence-electron chi connectivity index (χ4n) is 0.288. The van der Waals surface area contributed by atoms with E-state index >= 15 is 0 Å². The minimum Gasteiger partial charge on any atom is -0.481 e. The molecule has 0 aliphatic rings. The molecule has 0 aliphatic carbocycles. The van der Waals surface area contributed by atoms with Crippen molar-refractivity contribution in [3.8, 4) is 0 Å². The van der Waals surface area contributed by atoms with Gasteiger partial charge in [0.1, 0.15) is 0 Å². The van der Waals surface area contributed by atoms with Gasteiger partial charge < -0.3 is 4.74 Å². The minimum absolute atomic E-state index is 0.410. The lowest BCUT2D eigenvalue weighted by Crippen LogP contribution is -1.86. The van der Waals surface area contributed by atoms with E-state index in [1.807, 2.05) is 20.8 Å². The van der Waals surface area contributed by atoms with Gasteiger partial charge in [-0.15, -0.1) is 0 Å². The van der Waals surface area contributed by atoms with E-state index in [1.54, 1.807) is 6.08 Å². The first-order valence-electron chi connectivity index (χ1n) is 3.61. The molecule has 0 N–H and O–H groups in total. The molecule has 2 nitrogen and oxygen atoms in total. The highest BCUT2D eigenvalue weighted by atomic mass is 16.5. The number of methoxy groups -OCH3 is 1. The maximum atomic E-state index is 4.69. The summed E-state index contributed by atoms with van der Waals surface area (Å²) in [5.41, 5.74) is 0.807. The molecule has 0 aromatic rings. The van der Waals surface area contributed by atoms with Crippen molar-refractivity contribution in [2.24, 2.45) is 4.99 Å². The molecule has 0 unspecified atom stereocenters. The van der Waals surface area contributed by atoms with Gasteiger partial charge in [-0.2, -0.15) is 0 Å². The van der Waals surface area contributed by atoms with E-state index in [1.165, 1.54) is 7.11 Å². The molecule has 0 aromatic heterocycles. The van der Waals surface area contributed by atoms with Crippen molar-refractivity contribution in [1.82, 2.24) is 0 Å². The van der Waals surface area contributed by atoms with E-state index in [4.69, 9.17) is 4.74 Å². The van der Waals surface area contributed by atoms with Gasteiger partial charge in [-0.1, -0.05) is 20.4 Å². The topological polar surface area (TPSA) is 21.6 Å². The van der Waals surface area contributed by atoms with E-state index < -0.39 is 0 Å². The molecule has 0 aromatic carbocycles. The summed E-state index contributed by atoms with van der Waals surface area (Å²) in [5, 5.41) is 0. The largest absolute Gasteiger partial charge is 0.481 e. The summed E-state index contributed by atoms with van der Waals surface area (Å²) in [6.07, 6.45) is 1.64. The monoisotopic (exact) mass is 155 g/mol. The molecule has 0 amide bonds. The molecule has 0 heterocycles. The second-order valence-electron chi connectivity index (χ2n) is 1.56. The summed E-state index contributed by atoms with van der Waals surface area (Å²) in [6.45, 7) is 12.9. The average molecular weight is 155 g/mol. The van der Waals surface area contributed by atoms with Gasteiger partial charge in [-0.3, -0.25) is 0 Å². The highest BCUT2D eigenvalue weighted by Gasteiger charge is 1.84. The van der Waals surface area contributed by atoms with Crippen LogP contribution in [0.4, 0.5) is 0 Å². The van der Waals surface area contributed by atoms with Crippen LogP contribution in [0.1, 0.15) is 20.8 Å². The van der Waals surface area contributed by atoms with Crippen molar-refractivity contribution in [1.29, 1.82) is 0 Å². The second-order valence-corrected chi connectivity index (χ2v) is 1.56. The first kappa shape index (κ1) is 12.6. The Labute approximate surface area is 69.3 Å². The molecule has 0 aliphatic heterocycles. The van der Waals surface area contributed by atoms with E-state index in [2.05, 4.69) is 18.2 Å². The fourth-order valence-corrected chi connectivity index (χ4v) is 0.288. The highest BCUT2D eigenvalue weighted by molar-refractivity contribution is 5.92. The molecular formula is C9H17NO. The van der Waals surface area contributed by atoms with Gasteiger partial charge in [0, 0.05) is 5.71 Å². The molecule has 0 rings (SSSR count). The fraction of sp³-hybridized carbons (Fsp3) is 0.444. The number of ether oxygens (including phenoxy) is 1. The van der Waals surface area contributed by atoms with Crippen LogP contribution >= 0.6 is 0 Å². The normalized spacial score (nSPS) is 9.27. The van der Waals surface area contributed by atoms with Gasteiger partial charge in [-0.05, 0) is 19.6 Å². The first-order chi connectivity index (χ1) is 5.20. The van der Waals surface area contributed by atoms with Crippen molar-refractivity contribution in [3.05, 3.63) is 25.1 Å². The molecule has 0 bridgehead atoms.